The number of anilines is 1. The Hall–Kier alpha value is -2.01. The second kappa shape index (κ2) is 5.32. The van der Waals surface area contributed by atoms with Gasteiger partial charge >= 0.3 is 6.03 Å². The molecule has 2 aromatic rings. The first-order valence-corrected chi connectivity index (χ1v) is 6.55. The molecule has 2 amide bonds. The molecule has 1 aliphatic rings. The molecule has 1 saturated heterocycles. The summed E-state index contributed by atoms with van der Waals surface area (Å²) in [6.07, 6.45) is 4.06. The first-order valence-electron chi connectivity index (χ1n) is 6.55. The summed E-state index contributed by atoms with van der Waals surface area (Å²) in [6.45, 7) is 1.37. The number of nitrogens with one attached hydrogen (secondary N) is 3. The summed E-state index contributed by atoms with van der Waals surface area (Å²) in [6, 6.07) is 7.66. The van der Waals surface area contributed by atoms with Gasteiger partial charge in [-0.3, -0.25) is 0 Å². The second-order valence-corrected chi connectivity index (χ2v) is 4.72. The molecule has 100 valence electrons. The highest BCUT2D eigenvalue weighted by Crippen LogP contribution is 2.22. The van der Waals surface area contributed by atoms with Crippen LogP contribution in [0.2, 0.25) is 0 Å². The number of aromatic nitrogens is 1. The summed E-state index contributed by atoms with van der Waals surface area (Å²) in [5, 5.41) is 6.70. The quantitative estimate of drug-likeness (QED) is 0.792. The molecule has 1 fully saturated rings. The largest absolute Gasteiger partial charge is 0.376 e. The van der Waals surface area contributed by atoms with Crippen LogP contribution in [0.15, 0.2) is 30.5 Å². The van der Waals surface area contributed by atoms with Gasteiger partial charge in [-0.25, -0.2) is 4.79 Å². The molecule has 0 radical (unpaired) electrons. The van der Waals surface area contributed by atoms with Crippen molar-refractivity contribution in [2.75, 3.05) is 18.5 Å². The van der Waals surface area contributed by atoms with Gasteiger partial charge in [0.2, 0.25) is 0 Å². The van der Waals surface area contributed by atoms with E-state index in [0.717, 1.165) is 36.0 Å². The molecule has 0 spiro atoms. The number of fused-ring (bicyclic) bond motifs is 1. The first kappa shape index (κ1) is 12.0. The zero-order chi connectivity index (χ0) is 13.1. The van der Waals surface area contributed by atoms with Gasteiger partial charge in [0, 0.05) is 30.3 Å². The van der Waals surface area contributed by atoms with Gasteiger partial charge in [-0.1, -0.05) is 18.2 Å². The Labute approximate surface area is 111 Å². The van der Waals surface area contributed by atoms with Gasteiger partial charge in [-0.2, -0.15) is 0 Å². The maximum Gasteiger partial charge on any atom is 0.319 e. The van der Waals surface area contributed by atoms with E-state index in [2.05, 4.69) is 15.6 Å². The van der Waals surface area contributed by atoms with Crippen LogP contribution >= 0.6 is 0 Å². The van der Waals surface area contributed by atoms with E-state index in [9.17, 15) is 4.79 Å². The Bertz CT molecular complexity index is 573. The van der Waals surface area contributed by atoms with E-state index in [-0.39, 0.29) is 12.1 Å². The summed E-state index contributed by atoms with van der Waals surface area (Å²) in [4.78, 5) is 14.9. The summed E-state index contributed by atoms with van der Waals surface area (Å²) < 4.78 is 5.46. The Balaban J connectivity index is 1.59. The topological polar surface area (TPSA) is 66.2 Å². The molecule has 0 bridgehead atoms. The fraction of sp³-hybridized carbons (Fsp3) is 0.357. The third-order valence-electron chi connectivity index (χ3n) is 3.35. The van der Waals surface area contributed by atoms with Crippen LogP contribution in [0.5, 0.6) is 0 Å². The molecule has 3 rings (SSSR count). The maximum absolute atomic E-state index is 11.8. The lowest BCUT2D eigenvalue weighted by atomic mass is 10.2. The lowest BCUT2D eigenvalue weighted by molar-refractivity contribution is 0.112. The monoisotopic (exact) mass is 259 g/mol. The highest BCUT2D eigenvalue weighted by Gasteiger charge is 2.16. The normalized spacial score (nSPS) is 18.6. The number of urea groups is 1. The number of aromatic amines is 1. The Morgan fingerprint density at radius 1 is 1.42 bits per heavy atom. The fourth-order valence-electron chi connectivity index (χ4n) is 2.35. The Morgan fingerprint density at radius 2 is 2.32 bits per heavy atom. The van der Waals surface area contributed by atoms with E-state index in [1.165, 1.54) is 0 Å². The van der Waals surface area contributed by atoms with Gasteiger partial charge in [0.15, 0.2) is 0 Å². The van der Waals surface area contributed by atoms with E-state index in [1.807, 2.05) is 24.3 Å². The standard InChI is InChI=1S/C14H17N3O2/c18-14(16-8-10-4-3-7-19-10)17-13-9-15-12-6-2-1-5-11(12)13/h1-2,5-6,9-10,15H,3-4,7-8H2,(H2,16,17,18). The molecule has 2 heterocycles. The lowest BCUT2D eigenvalue weighted by Gasteiger charge is -2.11. The maximum atomic E-state index is 11.8. The molecular weight excluding hydrogens is 242 g/mol. The molecule has 3 N–H and O–H groups in total. The van der Waals surface area contributed by atoms with Crippen LogP contribution in [0.25, 0.3) is 10.9 Å². The summed E-state index contributed by atoms with van der Waals surface area (Å²) in [5.41, 5.74) is 1.80. The average Bonchev–Trinajstić information content (AvgIpc) is 3.07. The molecular formula is C14H17N3O2. The number of benzene rings is 1. The van der Waals surface area contributed by atoms with Gasteiger partial charge < -0.3 is 20.4 Å². The van der Waals surface area contributed by atoms with Crippen molar-refractivity contribution in [2.45, 2.75) is 18.9 Å². The lowest BCUT2D eigenvalue weighted by Crippen LogP contribution is -2.34. The van der Waals surface area contributed by atoms with Gasteiger partial charge in [0.05, 0.1) is 11.8 Å². The Kier molecular flexibility index (Phi) is 3.37. The van der Waals surface area contributed by atoms with Gasteiger partial charge in [0.1, 0.15) is 0 Å². The molecule has 19 heavy (non-hydrogen) atoms. The van der Waals surface area contributed by atoms with Crippen molar-refractivity contribution in [1.29, 1.82) is 0 Å². The minimum Gasteiger partial charge on any atom is -0.376 e. The molecule has 0 aliphatic carbocycles. The number of hydrogen-bond donors (Lipinski definition) is 3. The number of carbonyl (C=O) groups excluding carboxylic acids is 1. The highest BCUT2D eigenvalue weighted by atomic mass is 16.5. The van der Waals surface area contributed by atoms with Crippen molar-refractivity contribution < 1.29 is 9.53 Å². The molecule has 5 nitrogen and oxygen atoms in total. The third kappa shape index (κ3) is 2.71. The number of rotatable bonds is 3. The van der Waals surface area contributed by atoms with Crippen LogP contribution in [0.4, 0.5) is 10.5 Å². The van der Waals surface area contributed by atoms with Crippen molar-refractivity contribution in [3.05, 3.63) is 30.5 Å². The molecule has 1 aromatic carbocycles. The van der Waals surface area contributed by atoms with E-state index in [0.29, 0.717) is 6.54 Å². The third-order valence-corrected chi connectivity index (χ3v) is 3.35. The van der Waals surface area contributed by atoms with Gasteiger partial charge in [-0.15, -0.1) is 0 Å². The van der Waals surface area contributed by atoms with Crippen LogP contribution in [-0.2, 0) is 4.74 Å². The number of carbonyl (C=O) groups is 1. The highest BCUT2D eigenvalue weighted by molar-refractivity contribution is 6.00. The smallest absolute Gasteiger partial charge is 0.319 e. The molecule has 1 aromatic heterocycles. The van der Waals surface area contributed by atoms with Crippen molar-refractivity contribution in [3.63, 3.8) is 0 Å². The predicted octanol–water partition coefficient (Wildman–Crippen LogP) is 2.47. The van der Waals surface area contributed by atoms with Crippen molar-refractivity contribution in [1.82, 2.24) is 10.3 Å². The first-order chi connectivity index (χ1) is 9.33. The zero-order valence-corrected chi connectivity index (χ0v) is 10.6. The average molecular weight is 259 g/mol. The van der Waals surface area contributed by atoms with Crippen LogP contribution in [-0.4, -0.2) is 30.3 Å². The van der Waals surface area contributed by atoms with E-state index in [1.54, 1.807) is 6.20 Å². The number of H-pyrrole nitrogens is 1. The minimum atomic E-state index is -0.194. The molecule has 1 unspecified atom stereocenters. The van der Waals surface area contributed by atoms with Gasteiger partial charge in [0.25, 0.3) is 0 Å². The molecule has 1 aliphatic heterocycles. The SMILES string of the molecule is O=C(NCC1CCCO1)Nc1c[nH]c2ccccc12. The van der Waals surface area contributed by atoms with Gasteiger partial charge in [-0.05, 0) is 18.9 Å². The molecule has 5 heteroatoms. The zero-order valence-electron chi connectivity index (χ0n) is 10.6. The minimum absolute atomic E-state index is 0.161. The van der Waals surface area contributed by atoms with E-state index in [4.69, 9.17) is 4.74 Å². The predicted molar refractivity (Wildman–Crippen MR) is 74.3 cm³/mol. The number of ether oxygens (including phenoxy) is 1. The van der Waals surface area contributed by atoms with Crippen LogP contribution < -0.4 is 10.6 Å². The van der Waals surface area contributed by atoms with Crippen LogP contribution in [0, 0.1) is 0 Å². The van der Waals surface area contributed by atoms with Crippen molar-refractivity contribution in [2.24, 2.45) is 0 Å². The number of hydrogen-bond acceptors (Lipinski definition) is 2. The number of para-hydroxylation sites is 1. The molecule has 1 atom stereocenters. The molecule has 0 saturated carbocycles. The van der Waals surface area contributed by atoms with Crippen molar-refractivity contribution >= 4 is 22.6 Å². The second-order valence-electron chi connectivity index (χ2n) is 4.72. The van der Waals surface area contributed by atoms with E-state index >= 15 is 0 Å². The van der Waals surface area contributed by atoms with Crippen LogP contribution in [0.1, 0.15) is 12.8 Å². The summed E-state index contributed by atoms with van der Waals surface area (Å²) >= 11 is 0. The Morgan fingerprint density at radius 3 is 3.16 bits per heavy atom. The van der Waals surface area contributed by atoms with Crippen molar-refractivity contribution in [3.8, 4) is 0 Å². The number of amides is 2. The van der Waals surface area contributed by atoms with E-state index < -0.39 is 0 Å². The van der Waals surface area contributed by atoms with Crippen LogP contribution in [0.3, 0.4) is 0 Å². The summed E-state index contributed by atoms with van der Waals surface area (Å²) in [7, 11) is 0. The fourth-order valence-corrected chi connectivity index (χ4v) is 2.35. The summed E-state index contributed by atoms with van der Waals surface area (Å²) in [5.74, 6) is 0.